The first kappa shape index (κ1) is 17.2. The molecule has 2 rings (SSSR count). The van der Waals surface area contributed by atoms with Gasteiger partial charge in [-0.3, -0.25) is 4.79 Å². The third-order valence-electron chi connectivity index (χ3n) is 3.05. The van der Waals surface area contributed by atoms with Crippen molar-refractivity contribution in [3.63, 3.8) is 0 Å². The second-order valence-electron chi connectivity index (χ2n) is 4.83. The van der Waals surface area contributed by atoms with Crippen molar-refractivity contribution < 1.29 is 14.7 Å². The minimum absolute atomic E-state index is 0.0545. The highest BCUT2D eigenvalue weighted by Gasteiger charge is 2.14. The largest absolute Gasteiger partial charge is 0.478 e. The Labute approximate surface area is 146 Å². The number of aromatic carboxylic acids is 1. The van der Waals surface area contributed by atoms with Crippen molar-refractivity contribution in [3.8, 4) is 0 Å². The lowest BCUT2D eigenvalue weighted by molar-refractivity contribution is -0.112. The number of carbonyl (C=O) groups is 2. The predicted octanol–water partition coefficient (Wildman–Crippen LogP) is 4.84. The summed E-state index contributed by atoms with van der Waals surface area (Å²) >= 11 is 9.16. The third-order valence-corrected chi connectivity index (χ3v) is 3.78. The van der Waals surface area contributed by atoms with Gasteiger partial charge in [-0.05, 0) is 48.9 Å². The summed E-state index contributed by atoms with van der Waals surface area (Å²) in [6.45, 7) is 1.66. The van der Waals surface area contributed by atoms with Gasteiger partial charge in [0.05, 0.1) is 11.3 Å². The highest BCUT2D eigenvalue weighted by molar-refractivity contribution is 9.10. The van der Waals surface area contributed by atoms with Crippen LogP contribution in [0.5, 0.6) is 0 Å². The molecule has 6 heteroatoms. The van der Waals surface area contributed by atoms with Gasteiger partial charge in [0.25, 0.3) is 5.91 Å². The zero-order valence-corrected chi connectivity index (χ0v) is 14.5. The molecule has 0 heterocycles. The molecule has 1 amide bonds. The van der Waals surface area contributed by atoms with Crippen LogP contribution in [0.15, 0.2) is 52.5 Å². The molecule has 118 valence electrons. The van der Waals surface area contributed by atoms with E-state index in [4.69, 9.17) is 11.6 Å². The first-order chi connectivity index (χ1) is 10.9. The molecule has 0 unspecified atom stereocenters. The summed E-state index contributed by atoms with van der Waals surface area (Å²) in [4.78, 5) is 23.5. The lowest BCUT2D eigenvalue weighted by Crippen LogP contribution is -2.15. The molecule has 0 atom stereocenters. The summed E-state index contributed by atoms with van der Waals surface area (Å²) in [6.07, 6.45) is 1.72. The smallest absolute Gasteiger partial charge is 0.337 e. The molecule has 0 bridgehead atoms. The quantitative estimate of drug-likeness (QED) is 0.729. The van der Waals surface area contributed by atoms with Crippen LogP contribution in [0.2, 0.25) is 5.02 Å². The average Bonchev–Trinajstić information content (AvgIpc) is 2.48. The lowest BCUT2D eigenvalue weighted by Gasteiger charge is -2.09. The van der Waals surface area contributed by atoms with E-state index in [1.165, 1.54) is 18.2 Å². The van der Waals surface area contributed by atoms with E-state index in [-0.39, 0.29) is 17.2 Å². The number of amides is 1. The van der Waals surface area contributed by atoms with E-state index in [2.05, 4.69) is 21.2 Å². The second-order valence-corrected chi connectivity index (χ2v) is 6.18. The molecular formula is C17H13BrClNO3. The van der Waals surface area contributed by atoms with Crippen molar-refractivity contribution in [1.29, 1.82) is 0 Å². The van der Waals surface area contributed by atoms with Crippen LogP contribution >= 0.6 is 27.5 Å². The third kappa shape index (κ3) is 4.68. The van der Waals surface area contributed by atoms with Gasteiger partial charge < -0.3 is 10.4 Å². The van der Waals surface area contributed by atoms with Gasteiger partial charge in [-0.25, -0.2) is 4.79 Å². The fraction of sp³-hybridized carbons (Fsp3) is 0.0588. The standard InChI is InChI=1S/C17H13BrClNO3/c1-10(7-11-3-2-4-12(18)8-11)16(21)20-15-6-5-13(19)9-14(15)17(22)23/h2-9H,1H3,(H,20,21)(H,22,23)/b10-7+. The molecule has 2 aromatic rings. The van der Waals surface area contributed by atoms with Gasteiger partial charge in [0.2, 0.25) is 0 Å². The number of carboxylic acids is 1. The van der Waals surface area contributed by atoms with Crippen LogP contribution < -0.4 is 5.32 Å². The van der Waals surface area contributed by atoms with Crippen LogP contribution in [0.4, 0.5) is 5.69 Å². The van der Waals surface area contributed by atoms with Crippen molar-refractivity contribution in [2.75, 3.05) is 5.32 Å². The Bertz CT molecular complexity index is 802. The van der Waals surface area contributed by atoms with Crippen molar-refractivity contribution in [2.24, 2.45) is 0 Å². The van der Waals surface area contributed by atoms with Crippen molar-refractivity contribution >= 4 is 51.2 Å². The molecule has 0 saturated heterocycles. The number of carbonyl (C=O) groups excluding carboxylic acids is 1. The maximum atomic E-state index is 12.2. The molecule has 2 N–H and O–H groups in total. The first-order valence-electron chi connectivity index (χ1n) is 6.65. The number of anilines is 1. The Morgan fingerprint density at radius 1 is 1.22 bits per heavy atom. The highest BCUT2D eigenvalue weighted by Crippen LogP contribution is 2.22. The molecule has 23 heavy (non-hydrogen) atoms. The Hall–Kier alpha value is -2.11. The van der Waals surface area contributed by atoms with Gasteiger partial charge in [0.1, 0.15) is 0 Å². The van der Waals surface area contributed by atoms with Crippen LogP contribution in [0, 0.1) is 0 Å². The van der Waals surface area contributed by atoms with Gasteiger partial charge in [-0.1, -0.05) is 39.7 Å². The summed E-state index contributed by atoms with van der Waals surface area (Å²) in [5, 5.41) is 12.1. The Kier molecular flexibility index (Phi) is 5.58. The van der Waals surface area contributed by atoms with Gasteiger partial charge in [-0.2, -0.15) is 0 Å². The van der Waals surface area contributed by atoms with Crippen molar-refractivity contribution in [1.82, 2.24) is 0 Å². The van der Waals surface area contributed by atoms with E-state index in [1.807, 2.05) is 24.3 Å². The molecule has 0 spiro atoms. The number of halogens is 2. The van der Waals surface area contributed by atoms with E-state index < -0.39 is 5.97 Å². The maximum absolute atomic E-state index is 12.2. The van der Waals surface area contributed by atoms with Crippen LogP contribution in [0.3, 0.4) is 0 Å². The van der Waals surface area contributed by atoms with Crippen LogP contribution in [-0.4, -0.2) is 17.0 Å². The van der Waals surface area contributed by atoms with E-state index >= 15 is 0 Å². The summed E-state index contributed by atoms with van der Waals surface area (Å²) < 4.78 is 0.908. The highest BCUT2D eigenvalue weighted by atomic mass is 79.9. The van der Waals surface area contributed by atoms with E-state index in [1.54, 1.807) is 13.0 Å². The number of hydrogen-bond acceptors (Lipinski definition) is 2. The fourth-order valence-electron chi connectivity index (χ4n) is 1.94. The molecule has 4 nitrogen and oxygen atoms in total. The molecule has 0 aliphatic rings. The normalized spacial score (nSPS) is 11.2. The van der Waals surface area contributed by atoms with Crippen LogP contribution in [0.1, 0.15) is 22.8 Å². The fourth-order valence-corrected chi connectivity index (χ4v) is 2.52. The van der Waals surface area contributed by atoms with Crippen molar-refractivity contribution in [2.45, 2.75) is 6.92 Å². The monoisotopic (exact) mass is 393 g/mol. The van der Waals surface area contributed by atoms with Gasteiger partial charge in [0.15, 0.2) is 0 Å². The molecular weight excluding hydrogens is 382 g/mol. The number of benzene rings is 2. The zero-order valence-electron chi connectivity index (χ0n) is 12.1. The molecule has 0 aromatic heterocycles. The zero-order chi connectivity index (χ0) is 17.0. The Balaban J connectivity index is 2.23. The minimum atomic E-state index is -1.16. The molecule has 0 aliphatic heterocycles. The second kappa shape index (κ2) is 7.44. The van der Waals surface area contributed by atoms with Crippen molar-refractivity contribution in [3.05, 3.63) is 68.7 Å². The average molecular weight is 395 g/mol. The summed E-state index contributed by atoms with van der Waals surface area (Å²) in [5.74, 6) is -1.54. The molecule has 0 aliphatic carbocycles. The maximum Gasteiger partial charge on any atom is 0.337 e. The van der Waals surface area contributed by atoms with Gasteiger partial charge >= 0.3 is 5.97 Å². The Morgan fingerprint density at radius 2 is 1.96 bits per heavy atom. The minimum Gasteiger partial charge on any atom is -0.478 e. The predicted molar refractivity (Wildman–Crippen MR) is 94.8 cm³/mol. The first-order valence-corrected chi connectivity index (χ1v) is 7.82. The van der Waals surface area contributed by atoms with Crippen LogP contribution in [-0.2, 0) is 4.79 Å². The molecule has 0 radical (unpaired) electrons. The topological polar surface area (TPSA) is 66.4 Å². The van der Waals surface area contributed by atoms with Crippen LogP contribution in [0.25, 0.3) is 6.08 Å². The van der Waals surface area contributed by atoms with E-state index in [0.29, 0.717) is 10.6 Å². The Morgan fingerprint density at radius 3 is 2.61 bits per heavy atom. The number of rotatable bonds is 4. The summed E-state index contributed by atoms with van der Waals surface area (Å²) in [5.41, 5.74) is 1.46. The van der Waals surface area contributed by atoms with Gasteiger partial charge in [-0.15, -0.1) is 0 Å². The number of hydrogen-bond donors (Lipinski definition) is 2. The molecule has 0 fully saturated rings. The molecule has 2 aromatic carbocycles. The van der Waals surface area contributed by atoms with Gasteiger partial charge in [0, 0.05) is 15.1 Å². The number of carboxylic acid groups (broad SMARTS) is 1. The SMILES string of the molecule is C/C(=C\c1cccc(Br)c1)C(=O)Nc1ccc(Cl)cc1C(=O)O. The van der Waals surface area contributed by atoms with E-state index in [0.717, 1.165) is 10.0 Å². The summed E-state index contributed by atoms with van der Waals surface area (Å²) in [6, 6.07) is 11.8. The molecule has 0 saturated carbocycles. The summed E-state index contributed by atoms with van der Waals surface area (Å²) in [7, 11) is 0. The lowest BCUT2D eigenvalue weighted by atomic mass is 10.1. The number of nitrogens with one attached hydrogen (secondary N) is 1. The van der Waals surface area contributed by atoms with E-state index in [9.17, 15) is 14.7 Å².